The van der Waals surface area contributed by atoms with E-state index in [2.05, 4.69) is 20.8 Å². The topological polar surface area (TPSA) is 43.4 Å². The predicted molar refractivity (Wildman–Crippen MR) is 79.8 cm³/mol. The summed E-state index contributed by atoms with van der Waals surface area (Å²) in [6.45, 7) is 6.66. The van der Waals surface area contributed by atoms with E-state index in [4.69, 9.17) is 4.74 Å². The summed E-state index contributed by atoms with van der Waals surface area (Å²) in [6.07, 6.45) is 2.02. The van der Waals surface area contributed by atoms with E-state index in [0.717, 1.165) is 12.8 Å². The Hall–Kier alpha value is -1.64. The minimum Gasteiger partial charge on any atom is -0.461 e. The molecule has 0 aromatic heterocycles. The van der Waals surface area contributed by atoms with E-state index < -0.39 is 0 Å². The van der Waals surface area contributed by atoms with Gasteiger partial charge in [0.15, 0.2) is 0 Å². The van der Waals surface area contributed by atoms with E-state index in [1.807, 2.05) is 18.2 Å². The van der Waals surface area contributed by atoms with Crippen molar-refractivity contribution in [1.29, 1.82) is 0 Å². The van der Waals surface area contributed by atoms with Crippen LogP contribution in [-0.4, -0.2) is 18.4 Å². The molecule has 2 fully saturated rings. The molecule has 2 bridgehead atoms. The fourth-order valence-electron chi connectivity index (χ4n) is 4.29. The highest BCUT2D eigenvalue weighted by Gasteiger charge is 2.66. The number of Topliss-reactive ketones (excluding diaryl/α,β-unsaturated/α-hetero) is 1. The van der Waals surface area contributed by atoms with Crippen molar-refractivity contribution in [2.24, 2.45) is 22.7 Å². The number of rotatable bonds is 3. The number of benzene rings is 1. The highest BCUT2D eigenvalue weighted by atomic mass is 16.5. The molecule has 0 spiro atoms. The van der Waals surface area contributed by atoms with Gasteiger partial charge in [0.2, 0.25) is 0 Å². The number of fused-ring (bicyclic) bond motifs is 2. The van der Waals surface area contributed by atoms with Crippen LogP contribution in [0.5, 0.6) is 0 Å². The van der Waals surface area contributed by atoms with Crippen LogP contribution in [0.3, 0.4) is 0 Å². The Morgan fingerprint density at radius 1 is 1.24 bits per heavy atom. The summed E-state index contributed by atoms with van der Waals surface area (Å²) in [4.78, 5) is 24.7. The van der Waals surface area contributed by atoms with Crippen molar-refractivity contribution in [3.05, 3.63) is 35.9 Å². The lowest BCUT2D eigenvalue weighted by Crippen LogP contribution is -2.34. The molecule has 0 N–H and O–H groups in total. The Bertz CT molecular complexity index is 575. The van der Waals surface area contributed by atoms with Gasteiger partial charge in [0.05, 0.1) is 11.5 Å². The number of esters is 1. The zero-order chi connectivity index (χ0) is 15.3. The molecule has 0 unspecified atom stereocenters. The van der Waals surface area contributed by atoms with Crippen molar-refractivity contribution in [2.75, 3.05) is 6.61 Å². The molecule has 3 rings (SSSR count). The third kappa shape index (κ3) is 1.94. The second-order valence-electron chi connectivity index (χ2n) is 7.13. The largest absolute Gasteiger partial charge is 0.461 e. The number of carbonyl (C=O) groups excluding carboxylic acids is 2. The fourth-order valence-corrected chi connectivity index (χ4v) is 4.29. The summed E-state index contributed by atoms with van der Waals surface area (Å²) in [5, 5.41) is 0. The van der Waals surface area contributed by atoms with Crippen LogP contribution in [-0.2, 0) is 9.53 Å². The molecule has 21 heavy (non-hydrogen) atoms. The maximum atomic E-state index is 12.7. The molecule has 0 saturated heterocycles. The molecule has 1 aromatic carbocycles. The van der Waals surface area contributed by atoms with Gasteiger partial charge in [-0.1, -0.05) is 39.0 Å². The number of hydrogen-bond donors (Lipinski definition) is 0. The number of ketones is 1. The van der Waals surface area contributed by atoms with Crippen molar-refractivity contribution in [3.8, 4) is 0 Å². The molecule has 0 heterocycles. The van der Waals surface area contributed by atoms with Gasteiger partial charge in [-0.25, -0.2) is 4.79 Å². The normalized spacial score (nSPS) is 33.2. The second kappa shape index (κ2) is 4.69. The Labute approximate surface area is 125 Å². The third-order valence-corrected chi connectivity index (χ3v) is 6.07. The molecule has 2 aliphatic rings. The SMILES string of the molecule is CC1(C)[C@H]2CC[C@]1(C)C(=O)[C@H]2COC(=O)c1ccccc1. The lowest BCUT2D eigenvalue weighted by atomic mass is 9.70. The highest BCUT2D eigenvalue weighted by Crippen LogP contribution is 2.65. The van der Waals surface area contributed by atoms with Gasteiger partial charge >= 0.3 is 5.97 Å². The molecule has 3 heteroatoms. The number of ether oxygens (including phenoxy) is 1. The van der Waals surface area contributed by atoms with Crippen molar-refractivity contribution in [2.45, 2.75) is 33.6 Å². The van der Waals surface area contributed by atoms with Crippen molar-refractivity contribution < 1.29 is 14.3 Å². The monoisotopic (exact) mass is 286 g/mol. The zero-order valence-corrected chi connectivity index (χ0v) is 12.9. The maximum Gasteiger partial charge on any atom is 0.338 e. The molecular formula is C18H22O3. The van der Waals surface area contributed by atoms with Gasteiger partial charge in [-0.2, -0.15) is 0 Å². The average molecular weight is 286 g/mol. The Morgan fingerprint density at radius 3 is 2.48 bits per heavy atom. The third-order valence-electron chi connectivity index (χ3n) is 6.07. The standard InChI is InChI=1S/C18H22O3/c1-17(2)14-9-10-18(17,3)15(19)13(14)11-21-16(20)12-7-5-4-6-8-12/h4-8,13-14H,9-11H2,1-3H3/t13-,14-,18+/m0/s1. The number of hydrogen-bond acceptors (Lipinski definition) is 3. The first kappa shape index (κ1) is 14.3. The summed E-state index contributed by atoms with van der Waals surface area (Å²) >= 11 is 0. The Balaban J connectivity index is 1.70. The Morgan fingerprint density at radius 2 is 1.90 bits per heavy atom. The molecule has 2 saturated carbocycles. The smallest absolute Gasteiger partial charge is 0.338 e. The van der Waals surface area contributed by atoms with Crippen LogP contribution in [0.2, 0.25) is 0 Å². The number of carbonyl (C=O) groups is 2. The van der Waals surface area contributed by atoms with Crippen molar-refractivity contribution in [3.63, 3.8) is 0 Å². The van der Waals surface area contributed by atoms with Gasteiger partial charge in [0.1, 0.15) is 12.4 Å². The minimum absolute atomic E-state index is 0.00784. The van der Waals surface area contributed by atoms with E-state index in [1.54, 1.807) is 12.1 Å². The summed E-state index contributed by atoms with van der Waals surface area (Å²) in [5.74, 6) is 0.142. The molecular weight excluding hydrogens is 264 g/mol. The van der Waals surface area contributed by atoms with Crippen molar-refractivity contribution in [1.82, 2.24) is 0 Å². The molecule has 3 nitrogen and oxygen atoms in total. The van der Waals surface area contributed by atoms with Crippen LogP contribution in [0, 0.1) is 22.7 Å². The minimum atomic E-state index is -0.339. The lowest BCUT2D eigenvalue weighted by Gasteiger charge is -2.32. The van der Waals surface area contributed by atoms with Crippen molar-refractivity contribution >= 4 is 11.8 Å². The summed E-state index contributed by atoms with van der Waals surface area (Å²) in [7, 11) is 0. The van der Waals surface area contributed by atoms with Gasteiger partial charge in [0, 0.05) is 5.41 Å². The van der Waals surface area contributed by atoms with E-state index in [9.17, 15) is 9.59 Å². The zero-order valence-electron chi connectivity index (χ0n) is 12.9. The first-order chi connectivity index (χ1) is 9.88. The predicted octanol–water partition coefficient (Wildman–Crippen LogP) is 3.48. The summed E-state index contributed by atoms with van der Waals surface area (Å²) in [6, 6.07) is 8.94. The summed E-state index contributed by atoms with van der Waals surface area (Å²) in [5.41, 5.74) is 0.300. The average Bonchev–Trinajstić information content (AvgIpc) is 2.78. The van der Waals surface area contributed by atoms with Crippen LogP contribution in [0.15, 0.2) is 30.3 Å². The van der Waals surface area contributed by atoms with Gasteiger partial charge in [-0.15, -0.1) is 0 Å². The van der Waals surface area contributed by atoms with Gasteiger partial charge < -0.3 is 4.74 Å². The van der Waals surface area contributed by atoms with Crippen LogP contribution in [0.25, 0.3) is 0 Å². The summed E-state index contributed by atoms with van der Waals surface area (Å²) < 4.78 is 5.41. The molecule has 0 radical (unpaired) electrons. The highest BCUT2D eigenvalue weighted by molar-refractivity contribution is 5.93. The lowest BCUT2D eigenvalue weighted by molar-refractivity contribution is -0.132. The molecule has 3 atom stereocenters. The van der Waals surface area contributed by atoms with E-state index in [0.29, 0.717) is 11.5 Å². The fraction of sp³-hybridized carbons (Fsp3) is 0.556. The van der Waals surface area contributed by atoms with E-state index >= 15 is 0 Å². The molecule has 0 aliphatic heterocycles. The first-order valence-electron chi connectivity index (χ1n) is 7.64. The van der Waals surface area contributed by atoms with Crippen LogP contribution in [0.4, 0.5) is 0 Å². The van der Waals surface area contributed by atoms with Gasteiger partial charge in [0.25, 0.3) is 0 Å². The van der Waals surface area contributed by atoms with E-state index in [1.165, 1.54) is 0 Å². The van der Waals surface area contributed by atoms with Gasteiger partial charge in [-0.3, -0.25) is 4.79 Å². The van der Waals surface area contributed by atoms with Crippen LogP contribution >= 0.6 is 0 Å². The van der Waals surface area contributed by atoms with Crippen LogP contribution < -0.4 is 0 Å². The quantitative estimate of drug-likeness (QED) is 0.799. The first-order valence-corrected chi connectivity index (χ1v) is 7.64. The van der Waals surface area contributed by atoms with Crippen LogP contribution in [0.1, 0.15) is 44.0 Å². The Kier molecular flexibility index (Phi) is 3.19. The molecule has 1 aromatic rings. The molecule has 2 aliphatic carbocycles. The molecule has 0 amide bonds. The molecule has 112 valence electrons. The van der Waals surface area contributed by atoms with E-state index in [-0.39, 0.29) is 35.1 Å². The second-order valence-corrected chi connectivity index (χ2v) is 7.13. The maximum absolute atomic E-state index is 12.7. The van der Waals surface area contributed by atoms with Gasteiger partial charge in [-0.05, 0) is 36.3 Å².